The Bertz CT molecular complexity index is 277. The Morgan fingerprint density at radius 1 is 1.42 bits per heavy atom. The van der Waals surface area contributed by atoms with Crippen molar-refractivity contribution in [2.24, 2.45) is 0 Å². The summed E-state index contributed by atoms with van der Waals surface area (Å²) in [7, 11) is -4.38. The predicted octanol–water partition coefficient (Wildman–Crippen LogP) is 0.997. The van der Waals surface area contributed by atoms with Gasteiger partial charge in [-0.1, -0.05) is 0 Å². The molecule has 0 atom stereocenters. The SMILES string of the molecule is O=S(=O)(F)CC12CCC(CC1)O2. The van der Waals surface area contributed by atoms with Gasteiger partial charge in [0.2, 0.25) is 0 Å². The van der Waals surface area contributed by atoms with Gasteiger partial charge in [-0.2, -0.15) is 8.42 Å². The van der Waals surface area contributed by atoms with E-state index in [0.717, 1.165) is 12.8 Å². The second-order valence-corrected chi connectivity index (χ2v) is 5.05. The highest BCUT2D eigenvalue weighted by atomic mass is 32.3. The van der Waals surface area contributed by atoms with E-state index >= 15 is 0 Å². The zero-order valence-electron chi connectivity index (χ0n) is 6.62. The zero-order chi connectivity index (χ0) is 8.82. The van der Waals surface area contributed by atoms with Gasteiger partial charge in [0.25, 0.3) is 0 Å². The molecule has 0 aromatic rings. The molecule has 0 amide bonds. The summed E-state index contributed by atoms with van der Waals surface area (Å²) in [6, 6.07) is 0. The molecule has 3 nitrogen and oxygen atoms in total. The maximum Gasteiger partial charge on any atom is 0.305 e. The smallest absolute Gasteiger partial charge is 0.305 e. The summed E-state index contributed by atoms with van der Waals surface area (Å²) in [6.07, 6.45) is 3.35. The largest absolute Gasteiger partial charge is 0.371 e. The molecule has 2 fully saturated rings. The Morgan fingerprint density at radius 3 is 2.33 bits per heavy atom. The molecule has 0 aliphatic carbocycles. The van der Waals surface area contributed by atoms with Crippen molar-refractivity contribution in [2.75, 3.05) is 5.75 Å². The van der Waals surface area contributed by atoms with Crippen molar-refractivity contribution in [1.82, 2.24) is 0 Å². The van der Waals surface area contributed by atoms with Crippen LogP contribution in [0.25, 0.3) is 0 Å². The van der Waals surface area contributed by atoms with Crippen LogP contribution in [-0.2, 0) is 15.0 Å². The Balaban J connectivity index is 2.13. The van der Waals surface area contributed by atoms with E-state index in [-0.39, 0.29) is 6.10 Å². The van der Waals surface area contributed by atoms with Crippen molar-refractivity contribution >= 4 is 10.2 Å². The van der Waals surface area contributed by atoms with Crippen LogP contribution in [0.4, 0.5) is 3.89 Å². The lowest BCUT2D eigenvalue weighted by Crippen LogP contribution is -2.32. The molecule has 2 bridgehead atoms. The van der Waals surface area contributed by atoms with E-state index in [9.17, 15) is 12.3 Å². The summed E-state index contributed by atoms with van der Waals surface area (Å²) < 4.78 is 38.6. The van der Waals surface area contributed by atoms with Crippen LogP contribution in [0.5, 0.6) is 0 Å². The fourth-order valence-electron chi connectivity index (χ4n) is 2.20. The van der Waals surface area contributed by atoms with Gasteiger partial charge in [-0.3, -0.25) is 0 Å². The number of halogens is 1. The summed E-state index contributed by atoms with van der Waals surface area (Å²) >= 11 is 0. The first-order valence-corrected chi connectivity index (χ1v) is 5.65. The van der Waals surface area contributed by atoms with Crippen LogP contribution in [0.15, 0.2) is 0 Å². The van der Waals surface area contributed by atoms with Gasteiger partial charge < -0.3 is 4.74 Å². The second kappa shape index (κ2) is 2.42. The first-order chi connectivity index (χ1) is 5.49. The summed E-state index contributed by atoms with van der Waals surface area (Å²) in [5.74, 6) is -0.448. The van der Waals surface area contributed by atoms with Crippen molar-refractivity contribution < 1.29 is 17.0 Å². The minimum absolute atomic E-state index is 0.187. The maximum absolute atomic E-state index is 12.4. The minimum atomic E-state index is -4.38. The average molecular weight is 194 g/mol. The highest BCUT2D eigenvalue weighted by Gasteiger charge is 2.48. The summed E-state index contributed by atoms with van der Waals surface area (Å²) in [5, 5.41) is 0. The van der Waals surface area contributed by atoms with Gasteiger partial charge in [0.1, 0.15) is 5.75 Å². The molecule has 0 radical (unpaired) electrons. The van der Waals surface area contributed by atoms with Crippen molar-refractivity contribution in [2.45, 2.75) is 37.4 Å². The fraction of sp³-hybridized carbons (Fsp3) is 1.00. The highest BCUT2D eigenvalue weighted by Crippen LogP contribution is 2.44. The van der Waals surface area contributed by atoms with Crippen LogP contribution >= 0.6 is 0 Å². The summed E-state index contributed by atoms with van der Waals surface area (Å²) in [6.45, 7) is 0. The van der Waals surface area contributed by atoms with E-state index in [0.29, 0.717) is 12.8 Å². The normalized spacial score (nSPS) is 40.6. The Hall–Kier alpha value is -0.160. The Morgan fingerprint density at radius 2 is 2.00 bits per heavy atom. The number of hydrogen-bond donors (Lipinski definition) is 0. The number of fused-ring (bicyclic) bond motifs is 2. The number of hydrogen-bond acceptors (Lipinski definition) is 3. The molecule has 12 heavy (non-hydrogen) atoms. The van der Waals surface area contributed by atoms with E-state index in [1.807, 2.05) is 0 Å². The molecule has 2 rings (SSSR count). The van der Waals surface area contributed by atoms with Crippen LogP contribution in [0, 0.1) is 0 Å². The van der Waals surface area contributed by atoms with Crippen molar-refractivity contribution in [3.63, 3.8) is 0 Å². The highest BCUT2D eigenvalue weighted by molar-refractivity contribution is 7.86. The quantitative estimate of drug-likeness (QED) is 0.616. The van der Waals surface area contributed by atoms with Gasteiger partial charge in [0.05, 0.1) is 11.7 Å². The maximum atomic E-state index is 12.4. The third-order valence-electron chi connectivity index (χ3n) is 2.70. The van der Waals surface area contributed by atoms with Crippen molar-refractivity contribution in [3.05, 3.63) is 0 Å². The van der Waals surface area contributed by atoms with Gasteiger partial charge in [-0.25, -0.2) is 0 Å². The van der Waals surface area contributed by atoms with Crippen LogP contribution in [-0.4, -0.2) is 25.9 Å². The summed E-state index contributed by atoms with van der Waals surface area (Å²) in [5.41, 5.74) is -0.668. The Kier molecular flexibility index (Phi) is 1.70. The lowest BCUT2D eigenvalue weighted by Gasteiger charge is -2.21. The molecular formula is C7H11FO3S. The van der Waals surface area contributed by atoms with Crippen LogP contribution in [0.2, 0.25) is 0 Å². The molecule has 2 saturated heterocycles. The molecule has 0 aromatic heterocycles. The fourth-order valence-corrected chi connectivity index (χ4v) is 3.18. The average Bonchev–Trinajstić information content (AvgIpc) is 2.40. The Labute approximate surface area is 71.1 Å². The molecule has 2 aliphatic rings. The number of rotatable bonds is 2. The predicted molar refractivity (Wildman–Crippen MR) is 41.0 cm³/mol. The van der Waals surface area contributed by atoms with Gasteiger partial charge in [0.15, 0.2) is 0 Å². The van der Waals surface area contributed by atoms with Crippen LogP contribution in [0.1, 0.15) is 25.7 Å². The molecule has 0 aromatic carbocycles. The molecule has 0 N–H and O–H groups in total. The molecule has 0 saturated carbocycles. The lowest BCUT2D eigenvalue weighted by molar-refractivity contribution is 0.0303. The van der Waals surface area contributed by atoms with E-state index in [1.54, 1.807) is 0 Å². The minimum Gasteiger partial charge on any atom is -0.371 e. The molecule has 70 valence electrons. The van der Waals surface area contributed by atoms with E-state index < -0.39 is 21.6 Å². The molecular weight excluding hydrogens is 183 g/mol. The topological polar surface area (TPSA) is 43.4 Å². The zero-order valence-corrected chi connectivity index (χ0v) is 7.44. The van der Waals surface area contributed by atoms with Crippen LogP contribution < -0.4 is 0 Å². The number of ether oxygens (including phenoxy) is 1. The molecule has 0 spiro atoms. The van der Waals surface area contributed by atoms with E-state index in [2.05, 4.69) is 0 Å². The lowest BCUT2D eigenvalue weighted by atomic mass is 9.90. The van der Waals surface area contributed by atoms with Gasteiger partial charge in [-0.15, -0.1) is 3.89 Å². The van der Waals surface area contributed by atoms with E-state index in [4.69, 9.17) is 4.74 Å². The van der Waals surface area contributed by atoms with Crippen molar-refractivity contribution in [3.8, 4) is 0 Å². The van der Waals surface area contributed by atoms with Gasteiger partial charge >= 0.3 is 10.2 Å². The first-order valence-electron chi connectivity index (χ1n) is 4.09. The van der Waals surface area contributed by atoms with Crippen LogP contribution in [0.3, 0.4) is 0 Å². The second-order valence-electron chi connectivity index (χ2n) is 3.68. The monoisotopic (exact) mass is 194 g/mol. The van der Waals surface area contributed by atoms with Crippen molar-refractivity contribution in [1.29, 1.82) is 0 Å². The third kappa shape index (κ3) is 1.47. The van der Waals surface area contributed by atoms with E-state index in [1.165, 1.54) is 0 Å². The van der Waals surface area contributed by atoms with Gasteiger partial charge in [0, 0.05) is 0 Å². The van der Waals surface area contributed by atoms with Gasteiger partial charge in [-0.05, 0) is 25.7 Å². The first kappa shape index (κ1) is 8.44. The summed E-state index contributed by atoms with van der Waals surface area (Å²) in [4.78, 5) is 0. The standard InChI is InChI=1S/C7H11FO3S/c8-12(9,10)5-7-3-1-6(11-7)2-4-7/h6H,1-5H2. The molecule has 0 unspecified atom stereocenters. The third-order valence-corrected chi connectivity index (χ3v) is 3.57. The molecule has 2 aliphatic heterocycles. The molecule has 2 heterocycles. The molecule has 5 heteroatoms.